The molecule has 0 aromatic carbocycles. The number of hydrazone groups is 1. The summed E-state index contributed by atoms with van der Waals surface area (Å²) in [5.74, 6) is -0.647. The second kappa shape index (κ2) is 6.43. The Bertz CT molecular complexity index is 519. The summed E-state index contributed by atoms with van der Waals surface area (Å²) in [4.78, 5) is 38.2. The number of nitrogens with zero attached hydrogens (tertiary/aromatic N) is 3. The van der Waals surface area contributed by atoms with Crippen molar-refractivity contribution >= 4 is 23.4 Å². The molecule has 3 amide bonds. The molecular weight excluding hydrogens is 288 g/mol. The predicted octanol–water partition coefficient (Wildman–Crippen LogP) is -0.652. The normalized spacial score (nSPS) is 25.2. The molecule has 1 fully saturated rings. The minimum Gasteiger partial charge on any atom is -0.382 e. The van der Waals surface area contributed by atoms with E-state index in [1.165, 1.54) is 24.1 Å². The fraction of sp³-hybridized carbons (Fsp3) is 0.714. The monoisotopic (exact) mass is 310 g/mol. The first-order valence-corrected chi connectivity index (χ1v) is 7.33. The van der Waals surface area contributed by atoms with E-state index in [0.717, 1.165) is 6.42 Å². The van der Waals surface area contributed by atoms with Crippen molar-refractivity contribution in [3.8, 4) is 0 Å². The third-order valence-electron chi connectivity index (χ3n) is 4.22. The Morgan fingerprint density at radius 3 is 2.73 bits per heavy atom. The Morgan fingerprint density at radius 1 is 1.41 bits per heavy atom. The van der Waals surface area contributed by atoms with Crippen LogP contribution in [0.25, 0.3) is 0 Å². The highest BCUT2D eigenvalue weighted by atomic mass is 16.5. The average molecular weight is 310 g/mol. The predicted molar refractivity (Wildman–Crippen MR) is 79.1 cm³/mol. The second-order valence-electron chi connectivity index (χ2n) is 5.57. The van der Waals surface area contributed by atoms with E-state index in [-0.39, 0.29) is 30.7 Å². The Hall–Kier alpha value is -1.96. The molecule has 1 saturated heterocycles. The number of rotatable bonds is 4. The fourth-order valence-corrected chi connectivity index (χ4v) is 3.08. The van der Waals surface area contributed by atoms with Crippen molar-refractivity contribution in [3.63, 3.8) is 0 Å². The molecule has 8 heteroatoms. The number of ether oxygens (including phenoxy) is 1. The molecule has 1 atom stereocenters. The number of methoxy groups -OCH3 is 1. The molecule has 1 N–H and O–H groups in total. The summed E-state index contributed by atoms with van der Waals surface area (Å²) < 4.78 is 5.20. The smallest absolute Gasteiger partial charge is 0.271 e. The van der Waals surface area contributed by atoms with Crippen molar-refractivity contribution < 1.29 is 19.1 Å². The van der Waals surface area contributed by atoms with Crippen LogP contribution in [0, 0.1) is 0 Å². The van der Waals surface area contributed by atoms with E-state index in [4.69, 9.17) is 4.74 Å². The topological polar surface area (TPSA) is 91.3 Å². The van der Waals surface area contributed by atoms with E-state index >= 15 is 0 Å². The lowest BCUT2D eigenvalue weighted by atomic mass is 9.95. The summed E-state index contributed by atoms with van der Waals surface area (Å²) in [6, 6.07) is 0. The largest absolute Gasteiger partial charge is 0.382 e. The summed E-state index contributed by atoms with van der Waals surface area (Å²) in [6.45, 7) is 0.618. The molecule has 2 aliphatic heterocycles. The zero-order valence-corrected chi connectivity index (χ0v) is 13.2. The van der Waals surface area contributed by atoms with Gasteiger partial charge in [0.15, 0.2) is 0 Å². The van der Waals surface area contributed by atoms with E-state index in [0.29, 0.717) is 25.1 Å². The van der Waals surface area contributed by atoms with Crippen LogP contribution in [0.3, 0.4) is 0 Å². The highest BCUT2D eigenvalue weighted by Crippen LogP contribution is 2.31. The van der Waals surface area contributed by atoms with Gasteiger partial charge in [-0.1, -0.05) is 0 Å². The third kappa shape index (κ3) is 2.70. The third-order valence-corrected chi connectivity index (χ3v) is 4.22. The number of hydrogen-bond donors (Lipinski definition) is 1. The lowest BCUT2D eigenvalue weighted by molar-refractivity contribution is -0.144. The van der Waals surface area contributed by atoms with Crippen molar-refractivity contribution in [2.24, 2.45) is 5.10 Å². The number of carbonyl (C=O) groups excluding carboxylic acids is 3. The summed E-state index contributed by atoms with van der Waals surface area (Å²) in [5.41, 5.74) is -0.684. The Kier molecular flexibility index (Phi) is 4.80. The maximum absolute atomic E-state index is 12.8. The molecule has 0 aliphatic carbocycles. The molecule has 2 rings (SSSR count). The van der Waals surface area contributed by atoms with Crippen molar-refractivity contribution in [3.05, 3.63) is 0 Å². The molecule has 2 aliphatic rings. The summed E-state index contributed by atoms with van der Waals surface area (Å²) >= 11 is 0. The quantitative estimate of drug-likeness (QED) is 0.747. The molecule has 0 aromatic heterocycles. The minimum absolute atomic E-state index is 0.118. The standard InChI is InChI=1S/C14H22N4O4/c1-15-13(21)14(9-22-3)7-4-8-18(14)12(20)10-5-6-11(19)17(2)16-10/h4-9H2,1-3H3,(H,15,21). The van der Waals surface area contributed by atoms with Crippen molar-refractivity contribution in [1.29, 1.82) is 0 Å². The number of amides is 3. The number of likely N-dealkylation sites (tertiary alicyclic amines) is 1. The van der Waals surface area contributed by atoms with Crippen molar-refractivity contribution in [2.75, 3.05) is 34.4 Å². The van der Waals surface area contributed by atoms with E-state index < -0.39 is 5.54 Å². The van der Waals surface area contributed by atoms with Crippen LogP contribution in [-0.4, -0.2) is 73.2 Å². The molecule has 122 valence electrons. The Labute approximate surface area is 129 Å². The first kappa shape index (κ1) is 16.4. The van der Waals surface area contributed by atoms with Gasteiger partial charge < -0.3 is 15.0 Å². The van der Waals surface area contributed by atoms with Crippen molar-refractivity contribution in [2.45, 2.75) is 31.2 Å². The number of likely N-dealkylation sites (N-methyl/N-ethyl adjacent to an activating group) is 1. The van der Waals surface area contributed by atoms with Gasteiger partial charge >= 0.3 is 0 Å². The van der Waals surface area contributed by atoms with Crippen LogP contribution in [0.2, 0.25) is 0 Å². The van der Waals surface area contributed by atoms with E-state index in [9.17, 15) is 14.4 Å². The molecule has 0 bridgehead atoms. The summed E-state index contributed by atoms with van der Waals surface area (Å²) in [5, 5.41) is 7.86. The molecule has 22 heavy (non-hydrogen) atoms. The molecular formula is C14H22N4O4. The van der Waals surface area contributed by atoms with Gasteiger partial charge in [0, 0.05) is 40.6 Å². The molecule has 2 heterocycles. The van der Waals surface area contributed by atoms with Crippen LogP contribution in [0.1, 0.15) is 25.7 Å². The van der Waals surface area contributed by atoms with Gasteiger partial charge in [0.1, 0.15) is 11.3 Å². The first-order chi connectivity index (χ1) is 10.5. The maximum atomic E-state index is 12.8. The highest BCUT2D eigenvalue weighted by molar-refractivity contribution is 6.40. The Morgan fingerprint density at radius 2 is 2.14 bits per heavy atom. The molecule has 8 nitrogen and oxygen atoms in total. The molecule has 1 unspecified atom stereocenters. The molecule has 0 spiro atoms. The maximum Gasteiger partial charge on any atom is 0.271 e. The lowest BCUT2D eigenvalue weighted by Gasteiger charge is -2.36. The van der Waals surface area contributed by atoms with Gasteiger partial charge in [-0.3, -0.25) is 14.4 Å². The van der Waals surface area contributed by atoms with Crippen LogP contribution in [-0.2, 0) is 19.1 Å². The van der Waals surface area contributed by atoms with Gasteiger partial charge in [-0.15, -0.1) is 0 Å². The first-order valence-electron chi connectivity index (χ1n) is 7.33. The Balaban J connectivity index is 2.29. The van der Waals surface area contributed by atoms with Gasteiger partial charge in [-0.2, -0.15) is 5.10 Å². The zero-order chi connectivity index (χ0) is 16.3. The fourth-order valence-electron chi connectivity index (χ4n) is 3.08. The SMILES string of the molecule is CNC(=O)C1(COC)CCCN1C(=O)C1=NN(C)C(=O)CC1. The van der Waals surface area contributed by atoms with E-state index in [2.05, 4.69) is 10.4 Å². The lowest BCUT2D eigenvalue weighted by Crippen LogP contribution is -2.61. The van der Waals surface area contributed by atoms with Crippen LogP contribution < -0.4 is 5.32 Å². The molecule has 0 aromatic rings. The number of carbonyl (C=O) groups is 3. The van der Waals surface area contributed by atoms with E-state index in [1.54, 1.807) is 7.05 Å². The molecule has 0 saturated carbocycles. The van der Waals surface area contributed by atoms with Gasteiger partial charge in [0.2, 0.25) is 11.8 Å². The molecule has 0 radical (unpaired) electrons. The van der Waals surface area contributed by atoms with Gasteiger partial charge in [-0.25, -0.2) is 5.01 Å². The summed E-state index contributed by atoms with van der Waals surface area (Å²) in [6.07, 6.45) is 1.83. The van der Waals surface area contributed by atoms with Gasteiger partial charge in [0.25, 0.3) is 5.91 Å². The van der Waals surface area contributed by atoms with Gasteiger partial charge in [-0.05, 0) is 12.8 Å². The summed E-state index contributed by atoms with van der Waals surface area (Å²) in [7, 11) is 4.58. The van der Waals surface area contributed by atoms with Crippen LogP contribution in [0.15, 0.2) is 5.10 Å². The number of nitrogens with one attached hydrogen (secondary N) is 1. The zero-order valence-electron chi connectivity index (χ0n) is 13.2. The average Bonchev–Trinajstić information content (AvgIpc) is 2.93. The van der Waals surface area contributed by atoms with Gasteiger partial charge in [0.05, 0.1) is 6.61 Å². The number of hydrogen-bond acceptors (Lipinski definition) is 5. The minimum atomic E-state index is -0.997. The van der Waals surface area contributed by atoms with Crippen LogP contribution in [0.5, 0.6) is 0 Å². The highest BCUT2D eigenvalue weighted by Gasteiger charge is 2.50. The van der Waals surface area contributed by atoms with Crippen molar-refractivity contribution in [1.82, 2.24) is 15.2 Å². The van der Waals surface area contributed by atoms with E-state index in [1.807, 2.05) is 0 Å². The van der Waals surface area contributed by atoms with Crippen LogP contribution in [0.4, 0.5) is 0 Å². The second-order valence-corrected chi connectivity index (χ2v) is 5.57. The van der Waals surface area contributed by atoms with Crippen LogP contribution >= 0.6 is 0 Å².